The molecule has 0 atom stereocenters. The van der Waals surface area contributed by atoms with Crippen LogP contribution in [-0.2, 0) is 14.3 Å². The molecule has 4 nitrogen and oxygen atoms in total. The van der Waals surface area contributed by atoms with Crippen molar-refractivity contribution in [3.8, 4) is 0 Å². The zero-order valence-electron chi connectivity index (χ0n) is 12.9. The summed E-state index contributed by atoms with van der Waals surface area (Å²) in [5.41, 5.74) is -0.394. The normalized spacial score (nSPS) is 17.7. The van der Waals surface area contributed by atoms with Crippen LogP contribution in [0, 0.1) is 11.3 Å². The van der Waals surface area contributed by atoms with E-state index in [1.807, 2.05) is 13.8 Å². The average molecular weight is 271 g/mol. The molecule has 1 saturated heterocycles. The van der Waals surface area contributed by atoms with Gasteiger partial charge in [0, 0.05) is 13.1 Å². The molecule has 1 aliphatic heterocycles. The van der Waals surface area contributed by atoms with Crippen molar-refractivity contribution >= 4 is 5.97 Å². The van der Waals surface area contributed by atoms with E-state index in [0.29, 0.717) is 12.5 Å². The minimum atomic E-state index is -0.394. The molecule has 0 saturated carbocycles. The first-order chi connectivity index (χ1) is 8.92. The van der Waals surface area contributed by atoms with E-state index in [-0.39, 0.29) is 5.97 Å². The van der Waals surface area contributed by atoms with Crippen LogP contribution >= 0.6 is 0 Å². The number of hydrogen-bond acceptors (Lipinski definition) is 4. The lowest BCUT2D eigenvalue weighted by atomic mass is 9.89. The van der Waals surface area contributed by atoms with Crippen LogP contribution in [0.2, 0.25) is 0 Å². The van der Waals surface area contributed by atoms with Gasteiger partial charge in [0.05, 0.1) is 25.2 Å². The van der Waals surface area contributed by atoms with Gasteiger partial charge in [0.1, 0.15) is 0 Å². The second-order valence-electron chi connectivity index (χ2n) is 6.41. The molecule has 0 bridgehead atoms. The summed E-state index contributed by atoms with van der Waals surface area (Å²) >= 11 is 0. The Bertz CT molecular complexity index is 271. The van der Waals surface area contributed by atoms with Crippen molar-refractivity contribution in [2.75, 3.05) is 39.5 Å². The maximum absolute atomic E-state index is 12.1. The van der Waals surface area contributed by atoms with Gasteiger partial charge in [-0.25, -0.2) is 0 Å². The molecule has 0 N–H and O–H groups in total. The van der Waals surface area contributed by atoms with Crippen LogP contribution in [0.5, 0.6) is 0 Å². The van der Waals surface area contributed by atoms with E-state index in [0.717, 1.165) is 45.7 Å². The van der Waals surface area contributed by atoms with Gasteiger partial charge in [0.2, 0.25) is 0 Å². The number of hydrogen-bond donors (Lipinski definition) is 0. The fraction of sp³-hybridized carbons (Fsp3) is 0.933. The highest BCUT2D eigenvalue weighted by atomic mass is 16.5. The van der Waals surface area contributed by atoms with Gasteiger partial charge in [-0.3, -0.25) is 9.69 Å². The molecule has 0 aliphatic carbocycles. The van der Waals surface area contributed by atoms with Gasteiger partial charge in [0.15, 0.2) is 0 Å². The third-order valence-electron chi connectivity index (χ3n) is 3.64. The Hall–Kier alpha value is -0.610. The van der Waals surface area contributed by atoms with E-state index in [1.165, 1.54) is 0 Å². The Balaban J connectivity index is 2.26. The van der Waals surface area contributed by atoms with Gasteiger partial charge >= 0.3 is 5.97 Å². The van der Waals surface area contributed by atoms with Gasteiger partial charge < -0.3 is 9.47 Å². The van der Waals surface area contributed by atoms with Crippen LogP contribution in [0.15, 0.2) is 0 Å². The summed E-state index contributed by atoms with van der Waals surface area (Å²) in [6.07, 6.45) is 1.78. The molecule has 0 spiro atoms. The molecule has 0 aromatic rings. The molecular formula is C15H29NO3. The predicted octanol–water partition coefficient (Wildman–Crippen LogP) is 2.32. The zero-order chi connectivity index (χ0) is 14.3. The van der Waals surface area contributed by atoms with E-state index in [2.05, 4.69) is 18.7 Å². The largest absolute Gasteiger partial charge is 0.465 e. The standard InChI is InChI=1S/C15H29NO3/c1-13(2)5-10-19-14(17)15(3,4)6-7-16-8-11-18-12-9-16/h13H,5-12H2,1-4H3. The third-order valence-corrected chi connectivity index (χ3v) is 3.64. The van der Waals surface area contributed by atoms with E-state index >= 15 is 0 Å². The number of morpholine rings is 1. The molecule has 0 aromatic heterocycles. The van der Waals surface area contributed by atoms with Crippen LogP contribution in [0.25, 0.3) is 0 Å². The third kappa shape index (κ3) is 6.39. The maximum Gasteiger partial charge on any atom is 0.311 e. The predicted molar refractivity (Wildman–Crippen MR) is 76.1 cm³/mol. The molecule has 1 aliphatic rings. The lowest BCUT2D eigenvalue weighted by molar-refractivity contribution is -0.155. The highest BCUT2D eigenvalue weighted by Crippen LogP contribution is 2.23. The van der Waals surface area contributed by atoms with E-state index < -0.39 is 5.41 Å². The van der Waals surface area contributed by atoms with Gasteiger partial charge in [-0.1, -0.05) is 13.8 Å². The fourth-order valence-corrected chi connectivity index (χ4v) is 1.95. The quantitative estimate of drug-likeness (QED) is 0.666. The Morgan fingerprint density at radius 1 is 1.32 bits per heavy atom. The summed E-state index contributed by atoms with van der Waals surface area (Å²) in [6, 6.07) is 0. The lowest BCUT2D eigenvalue weighted by Crippen LogP contribution is -2.39. The molecule has 19 heavy (non-hydrogen) atoms. The van der Waals surface area contributed by atoms with Crippen LogP contribution in [0.3, 0.4) is 0 Å². The number of esters is 1. The van der Waals surface area contributed by atoms with Crippen molar-refractivity contribution in [2.45, 2.75) is 40.5 Å². The monoisotopic (exact) mass is 271 g/mol. The molecular weight excluding hydrogens is 242 g/mol. The topological polar surface area (TPSA) is 38.8 Å². The highest BCUT2D eigenvalue weighted by molar-refractivity contribution is 5.75. The van der Waals surface area contributed by atoms with Crippen LogP contribution in [-0.4, -0.2) is 50.3 Å². The molecule has 0 unspecified atom stereocenters. The first-order valence-electron chi connectivity index (χ1n) is 7.39. The van der Waals surface area contributed by atoms with Crippen molar-refractivity contribution in [3.63, 3.8) is 0 Å². The summed E-state index contributed by atoms with van der Waals surface area (Å²) in [7, 11) is 0. The number of ether oxygens (including phenoxy) is 2. The Morgan fingerprint density at radius 3 is 2.53 bits per heavy atom. The summed E-state index contributed by atoms with van der Waals surface area (Å²) in [4.78, 5) is 14.4. The average Bonchev–Trinajstić information content (AvgIpc) is 2.37. The fourth-order valence-electron chi connectivity index (χ4n) is 1.95. The van der Waals surface area contributed by atoms with Gasteiger partial charge in [-0.05, 0) is 39.2 Å². The van der Waals surface area contributed by atoms with E-state index in [9.17, 15) is 4.79 Å². The Kier molecular flexibility index (Phi) is 6.80. The molecule has 1 rings (SSSR count). The smallest absolute Gasteiger partial charge is 0.311 e. The lowest BCUT2D eigenvalue weighted by Gasteiger charge is -2.30. The van der Waals surface area contributed by atoms with Gasteiger partial charge in [-0.15, -0.1) is 0 Å². The van der Waals surface area contributed by atoms with E-state index in [1.54, 1.807) is 0 Å². The van der Waals surface area contributed by atoms with Crippen LogP contribution in [0.1, 0.15) is 40.5 Å². The second kappa shape index (κ2) is 7.85. The van der Waals surface area contributed by atoms with Gasteiger partial charge in [-0.2, -0.15) is 0 Å². The Labute approximate surface area is 117 Å². The van der Waals surface area contributed by atoms with Crippen molar-refractivity contribution in [1.29, 1.82) is 0 Å². The first-order valence-corrected chi connectivity index (χ1v) is 7.39. The SMILES string of the molecule is CC(C)CCOC(=O)C(C)(C)CCN1CCOCC1. The molecule has 112 valence electrons. The van der Waals surface area contributed by atoms with Crippen molar-refractivity contribution in [1.82, 2.24) is 4.90 Å². The minimum Gasteiger partial charge on any atom is -0.465 e. The number of nitrogens with zero attached hydrogens (tertiary/aromatic N) is 1. The van der Waals surface area contributed by atoms with E-state index in [4.69, 9.17) is 9.47 Å². The molecule has 0 aromatic carbocycles. The second-order valence-corrected chi connectivity index (χ2v) is 6.41. The van der Waals surface area contributed by atoms with Crippen molar-refractivity contribution in [2.24, 2.45) is 11.3 Å². The minimum absolute atomic E-state index is 0.0681. The number of carbonyl (C=O) groups is 1. The van der Waals surface area contributed by atoms with Gasteiger partial charge in [0.25, 0.3) is 0 Å². The molecule has 0 amide bonds. The van der Waals surface area contributed by atoms with Crippen LogP contribution < -0.4 is 0 Å². The summed E-state index contributed by atoms with van der Waals surface area (Å²) in [6.45, 7) is 13.3. The summed E-state index contributed by atoms with van der Waals surface area (Å²) in [5, 5.41) is 0. The number of carbonyl (C=O) groups excluding carboxylic acids is 1. The number of rotatable bonds is 7. The maximum atomic E-state index is 12.1. The summed E-state index contributed by atoms with van der Waals surface area (Å²) < 4.78 is 10.7. The molecule has 1 heterocycles. The highest BCUT2D eigenvalue weighted by Gasteiger charge is 2.30. The van der Waals surface area contributed by atoms with Crippen molar-refractivity contribution < 1.29 is 14.3 Å². The van der Waals surface area contributed by atoms with Crippen molar-refractivity contribution in [3.05, 3.63) is 0 Å². The molecule has 1 fully saturated rings. The summed E-state index contributed by atoms with van der Waals surface area (Å²) in [5.74, 6) is 0.505. The zero-order valence-corrected chi connectivity index (χ0v) is 12.9. The molecule has 4 heteroatoms. The first kappa shape index (κ1) is 16.4. The Morgan fingerprint density at radius 2 is 1.95 bits per heavy atom. The molecule has 0 radical (unpaired) electrons. The van der Waals surface area contributed by atoms with Crippen LogP contribution in [0.4, 0.5) is 0 Å².